The molecule has 0 radical (unpaired) electrons. The Morgan fingerprint density at radius 2 is 2.00 bits per heavy atom. The molecule has 1 aromatic carbocycles. The fourth-order valence-electron chi connectivity index (χ4n) is 3.00. The summed E-state index contributed by atoms with van der Waals surface area (Å²) in [6.45, 7) is 11.7. The van der Waals surface area contributed by atoms with Crippen molar-refractivity contribution in [2.45, 2.75) is 52.4 Å². The molecule has 2 rings (SSSR count). The lowest BCUT2D eigenvalue weighted by Gasteiger charge is -2.38. The van der Waals surface area contributed by atoms with Crippen molar-refractivity contribution < 1.29 is 4.74 Å². The van der Waals surface area contributed by atoms with E-state index in [1.807, 2.05) is 0 Å². The summed E-state index contributed by atoms with van der Waals surface area (Å²) in [5, 5.41) is 3.60. The Bertz CT molecular complexity index is 456. The van der Waals surface area contributed by atoms with Gasteiger partial charge in [-0.1, -0.05) is 28.9 Å². The minimum absolute atomic E-state index is 0.277. The van der Waals surface area contributed by atoms with Crippen molar-refractivity contribution in [3.05, 3.63) is 28.2 Å². The normalized spacial score (nSPS) is 24.1. The maximum Gasteiger partial charge on any atom is 0.0726 e. The molecule has 0 saturated carbocycles. The van der Waals surface area contributed by atoms with Gasteiger partial charge in [-0.05, 0) is 51.4 Å². The second kappa shape index (κ2) is 7.61. The van der Waals surface area contributed by atoms with Crippen LogP contribution in [0.25, 0.3) is 0 Å². The maximum absolute atomic E-state index is 5.86. The number of morpholine rings is 1. The Hall–Kier alpha value is -0.580. The predicted molar refractivity (Wildman–Crippen MR) is 93.1 cm³/mol. The van der Waals surface area contributed by atoms with Gasteiger partial charge in [0.15, 0.2) is 0 Å². The van der Waals surface area contributed by atoms with Crippen LogP contribution in [0.5, 0.6) is 0 Å². The molecule has 118 valence electrons. The zero-order valence-corrected chi connectivity index (χ0v) is 15.1. The van der Waals surface area contributed by atoms with Crippen LogP contribution < -0.4 is 10.2 Å². The van der Waals surface area contributed by atoms with Gasteiger partial charge in [-0.3, -0.25) is 0 Å². The van der Waals surface area contributed by atoms with Crippen LogP contribution in [0.2, 0.25) is 0 Å². The van der Waals surface area contributed by atoms with E-state index >= 15 is 0 Å². The summed E-state index contributed by atoms with van der Waals surface area (Å²) in [6.07, 6.45) is 1.71. The number of nitrogens with zero attached hydrogens (tertiary/aromatic N) is 1. The van der Waals surface area contributed by atoms with E-state index in [2.05, 4.69) is 72.0 Å². The van der Waals surface area contributed by atoms with Crippen LogP contribution in [-0.2, 0) is 4.74 Å². The molecule has 3 unspecified atom stereocenters. The third kappa shape index (κ3) is 4.44. The number of halogens is 1. The van der Waals surface area contributed by atoms with Crippen LogP contribution in [0.1, 0.15) is 45.7 Å². The smallest absolute Gasteiger partial charge is 0.0726 e. The molecule has 0 aliphatic carbocycles. The largest absolute Gasteiger partial charge is 0.372 e. The van der Waals surface area contributed by atoms with Crippen LogP contribution in [-0.4, -0.2) is 31.8 Å². The molecule has 1 aliphatic rings. The van der Waals surface area contributed by atoms with Gasteiger partial charge in [0.1, 0.15) is 0 Å². The zero-order chi connectivity index (χ0) is 15.4. The van der Waals surface area contributed by atoms with Crippen molar-refractivity contribution >= 4 is 21.6 Å². The topological polar surface area (TPSA) is 24.5 Å². The molecule has 21 heavy (non-hydrogen) atoms. The monoisotopic (exact) mass is 354 g/mol. The fraction of sp³-hybridized carbons (Fsp3) is 0.647. The van der Waals surface area contributed by atoms with Gasteiger partial charge in [-0.2, -0.15) is 0 Å². The molecule has 1 aliphatic heterocycles. The van der Waals surface area contributed by atoms with E-state index in [0.29, 0.717) is 6.04 Å². The van der Waals surface area contributed by atoms with Gasteiger partial charge < -0.3 is 15.0 Å². The summed E-state index contributed by atoms with van der Waals surface area (Å²) in [5.41, 5.74) is 2.69. The lowest BCUT2D eigenvalue weighted by atomic mass is 10.0. The third-order valence-electron chi connectivity index (χ3n) is 3.92. The van der Waals surface area contributed by atoms with Gasteiger partial charge in [-0.25, -0.2) is 0 Å². The second-order valence-electron chi connectivity index (χ2n) is 6.04. The molecule has 3 nitrogen and oxygen atoms in total. The Morgan fingerprint density at radius 1 is 1.33 bits per heavy atom. The van der Waals surface area contributed by atoms with Crippen LogP contribution in [0.15, 0.2) is 22.7 Å². The summed E-state index contributed by atoms with van der Waals surface area (Å²) < 4.78 is 7.00. The van der Waals surface area contributed by atoms with Gasteiger partial charge in [-0.15, -0.1) is 0 Å². The molecular weight excluding hydrogens is 328 g/mol. The molecule has 1 aromatic rings. The molecule has 0 bridgehead atoms. The summed E-state index contributed by atoms with van der Waals surface area (Å²) in [7, 11) is 0. The number of rotatable bonds is 5. The van der Waals surface area contributed by atoms with E-state index in [1.165, 1.54) is 11.3 Å². The number of benzene rings is 1. The zero-order valence-electron chi connectivity index (χ0n) is 13.5. The number of anilines is 1. The van der Waals surface area contributed by atoms with Crippen molar-refractivity contribution in [1.82, 2.24) is 5.32 Å². The number of nitrogens with one attached hydrogen (secondary N) is 1. The first-order chi connectivity index (χ1) is 10.0. The highest BCUT2D eigenvalue weighted by molar-refractivity contribution is 9.10. The third-order valence-corrected chi connectivity index (χ3v) is 4.41. The van der Waals surface area contributed by atoms with Gasteiger partial charge >= 0.3 is 0 Å². The van der Waals surface area contributed by atoms with E-state index in [9.17, 15) is 0 Å². The van der Waals surface area contributed by atoms with Crippen LogP contribution in [0.4, 0.5) is 5.69 Å². The van der Waals surface area contributed by atoms with E-state index in [-0.39, 0.29) is 12.2 Å². The first-order valence-electron chi connectivity index (χ1n) is 7.94. The van der Waals surface area contributed by atoms with Crippen LogP contribution in [0.3, 0.4) is 0 Å². The van der Waals surface area contributed by atoms with Gasteiger partial charge in [0.2, 0.25) is 0 Å². The number of hydrogen-bond donors (Lipinski definition) is 1. The van der Waals surface area contributed by atoms with Gasteiger partial charge in [0.25, 0.3) is 0 Å². The highest BCUT2D eigenvalue weighted by Gasteiger charge is 2.25. The highest BCUT2D eigenvalue weighted by atomic mass is 79.9. The first kappa shape index (κ1) is 16.8. The molecule has 0 spiro atoms. The van der Waals surface area contributed by atoms with E-state index in [4.69, 9.17) is 4.74 Å². The minimum Gasteiger partial charge on any atom is -0.372 e. The Balaban J connectivity index is 2.26. The molecule has 3 atom stereocenters. The molecular formula is C17H27BrN2O. The molecule has 1 fully saturated rings. The lowest BCUT2D eigenvalue weighted by Crippen LogP contribution is -2.46. The maximum atomic E-state index is 5.86. The van der Waals surface area contributed by atoms with E-state index in [0.717, 1.165) is 30.5 Å². The number of ether oxygens (including phenoxy) is 1. The summed E-state index contributed by atoms with van der Waals surface area (Å²) in [4.78, 5) is 2.46. The van der Waals surface area contributed by atoms with E-state index in [1.54, 1.807) is 0 Å². The Labute approximate surface area is 137 Å². The van der Waals surface area contributed by atoms with Crippen molar-refractivity contribution in [1.29, 1.82) is 0 Å². The van der Waals surface area contributed by atoms with Crippen molar-refractivity contribution in [2.75, 3.05) is 24.5 Å². The average molecular weight is 355 g/mol. The standard InChI is InChI=1S/C17H27BrN2O/c1-5-8-19-14(4)16-7-6-15(18)9-17(16)20-10-12(2)21-13(3)11-20/h6-7,9,12-14,19H,5,8,10-11H2,1-4H3. The molecule has 0 amide bonds. The second-order valence-corrected chi connectivity index (χ2v) is 6.96. The van der Waals surface area contributed by atoms with Crippen LogP contribution >= 0.6 is 15.9 Å². The predicted octanol–water partition coefficient (Wildman–Crippen LogP) is 4.12. The quantitative estimate of drug-likeness (QED) is 0.860. The molecule has 1 N–H and O–H groups in total. The van der Waals surface area contributed by atoms with Crippen LogP contribution in [0, 0.1) is 0 Å². The highest BCUT2D eigenvalue weighted by Crippen LogP contribution is 2.31. The average Bonchev–Trinajstić information content (AvgIpc) is 2.43. The fourth-order valence-corrected chi connectivity index (χ4v) is 3.35. The Morgan fingerprint density at radius 3 is 2.62 bits per heavy atom. The van der Waals surface area contributed by atoms with Crippen molar-refractivity contribution in [2.24, 2.45) is 0 Å². The van der Waals surface area contributed by atoms with E-state index < -0.39 is 0 Å². The molecule has 1 heterocycles. The summed E-state index contributed by atoms with van der Waals surface area (Å²) in [6, 6.07) is 6.97. The summed E-state index contributed by atoms with van der Waals surface area (Å²) in [5.74, 6) is 0. The van der Waals surface area contributed by atoms with Crippen molar-refractivity contribution in [3.63, 3.8) is 0 Å². The summed E-state index contributed by atoms with van der Waals surface area (Å²) >= 11 is 3.62. The van der Waals surface area contributed by atoms with Crippen molar-refractivity contribution in [3.8, 4) is 0 Å². The first-order valence-corrected chi connectivity index (χ1v) is 8.73. The molecule has 4 heteroatoms. The molecule has 1 saturated heterocycles. The lowest BCUT2D eigenvalue weighted by molar-refractivity contribution is -0.00528. The number of hydrogen-bond acceptors (Lipinski definition) is 3. The van der Waals surface area contributed by atoms with Gasteiger partial charge in [0, 0.05) is 29.3 Å². The molecule has 0 aromatic heterocycles. The minimum atomic E-state index is 0.277. The SMILES string of the molecule is CCCNC(C)c1ccc(Br)cc1N1CC(C)OC(C)C1. The Kier molecular flexibility index (Phi) is 6.08. The van der Waals surface area contributed by atoms with Gasteiger partial charge in [0.05, 0.1) is 12.2 Å².